The number of nitrogens with zero attached hydrogens (tertiary/aromatic N) is 6. The van der Waals surface area contributed by atoms with Crippen LogP contribution in [0.25, 0.3) is 17.0 Å². The second-order valence-corrected chi connectivity index (χ2v) is 6.12. The highest BCUT2D eigenvalue weighted by atomic mass is 16.6. The van der Waals surface area contributed by atoms with E-state index in [0.717, 1.165) is 29.0 Å². The third-order valence-electron chi connectivity index (χ3n) is 4.30. The van der Waals surface area contributed by atoms with Crippen LogP contribution in [0.5, 0.6) is 0 Å². The highest BCUT2D eigenvalue weighted by molar-refractivity contribution is 5.59. The van der Waals surface area contributed by atoms with Crippen LogP contribution < -0.4 is 5.32 Å². The summed E-state index contributed by atoms with van der Waals surface area (Å²) in [6, 6.07) is 11.9. The highest BCUT2D eigenvalue weighted by Crippen LogP contribution is 2.22. The summed E-state index contributed by atoms with van der Waals surface area (Å²) in [6.07, 6.45) is 4.20. The molecule has 140 valence electrons. The number of fused-ring (bicyclic) bond motifs is 1. The molecule has 4 aromatic rings. The maximum Gasteiger partial charge on any atom is 0.269 e. The lowest BCUT2D eigenvalue weighted by Gasteiger charge is -2.10. The molecule has 0 amide bonds. The number of non-ortho nitro benzene ring substituents is 1. The number of aromatic nitrogens is 5. The summed E-state index contributed by atoms with van der Waals surface area (Å²) in [5.41, 5.74) is 3.37. The zero-order valence-electron chi connectivity index (χ0n) is 15.1. The lowest BCUT2D eigenvalue weighted by atomic mass is 10.2. The Morgan fingerprint density at radius 2 is 1.93 bits per heavy atom. The van der Waals surface area contributed by atoms with Gasteiger partial charge in [-0.1, -0.05) is 6.92 Å². The molecule has 0 aliphatic heterocycles. The number of hydrogen-bond donors (Lipinski definition) is 1. The fraction of sp³-hybridized carbons (Fsp3) is 0.158. The SMILES string of the molecule is CCc1cc(NCc2ccnc3ccnn23)nc(-c2ccc([N+](=O)[O-])cc2)n1. The second-order valence-electron chi connectivity index (χ2n) is 6.12. The quantitative estimate of drug-likeness (QED) is 0.407. The summed E-state index contributed by atoms with van der Waals surface area (Å²) in [6.45, 7) is 2.53. The largest absolute Gasteiger partial charge is 0.364 e. The van der Waals surface area contributed by atoms with E-state index in [-0.39, 0.29) is 5.69 Å². The molecule has 0 spiro atoms. The standard InChI is InChI=1S/C19H17N7O2/c1-2-14-11-17(21-12-16-7-9-20-18-8-10-22-25(16)18)24-19(23-14)13-3-5-15(6-4-13)26(27)28/h3-11H,2,12H2,1H3,(H,21,23,24). The van der Waals surface area contributed by atoms with Crippen molar-refractivity contribution in [1.82, 2.24) is 24.6 Å². The molecular weight excluding hydrogens is 358 g/mol. The predicted molar refractivity (Wildman–Crippen MR) is 104 cm³/mol. The maximum atomic E-state index is 10.8. The summed E-state index contributed by atoms with van der Waals surface area (Å²) >= 11 is 0. The summed E-state index contributed by atoms with van der Waals surface area (Å²) in [7, 11) is 0. The van der Waals surface area contributed by atoms with Crippen LogP contribution in [-0.4, -0.2) is 29.5 Å². The third kappa shape index (κ3) is 3.50. The van der Waals surface area contributed by atoms with E-state index in [0.29, 0.717) is 18.2 Å². The lowest BCUT2D eigenvalue weighted by molar-refractivity contribution is -0.384. The molecule has 0 aliphatic rings. The number of rotatable bonds is 6. The molecule has 0 saturated heterocycles. The fourth-order valence-electron chi connectivity index (χ4n) is 2.83. The number of hydrogen-bond acceptors (Lipinski definition) is 7. The normalized spacial score (nSPS) is 10.9. The Morgan fingerprint density at radius 3 is 2.68 bits per heavy atom. The summed E-state index contributed by atoms with van der Waals surface area (Å²) in [5, 5.41) is 18.4. The Labute approximate surface area is 160 Å². The average molecular weight is 375 g/mol. The maximum absolute atomic E-state index is 10.8. The molecule has 9 heteroatoms. The van der Waals surface area contributed by atoms with Crippen LogP contribution in [0.1, 0.15) is 18.3 Å². The first-order valence-electron chi connectivity index (χ1n) is 8.78. The smallest absolute Gasteiger partial charge is 0.269 e. The molecule has 3 heterocycles. The van der Waals surface area contributed by atoms with Crippen molar-refractivity contribution in [3.63, 3.8) is 0 Å². The van der Waals surface area contributed by atoms with E-state index in [1.807, 2.05) is 25.1 Å². The van der Waals surface area contributed by atoms with Crippen LogP contribution in [0.15, 0.2) is 54.9 Å². The molecule has 0 unspecified atom stereocenters. The molecule has 3 aromatic heterocycles. The molecule has 1 aromatic carbocycles. The third-order valence-corrected chi connectivity index (χ3v) is 4.30. The van der Waals surface area contributed by atoms with Gasteiger partial charge in [-0.15, -0.1) is 0 Å². The van der Waals surface area contributed by atoms with Crippen LogP contribution >= 0.6 is 0 Å². The Hall–Kier alpha value is -3.88. The van der Waals surface area contributed by atoms with Gasteiger partial charge in [0.25, 0.3) is 5.69 Å². The summed E-state index contributed by atoms with van der Waals surface area (Å²) in [5.74, 6) is 1.20. The molecule has 28 heavy (non-hydrogen) atoms. The van der Waals surface area contributed by atoms with Gasteiger partial charge in [0, 0.05) is 41.7 Å². The van der Waals surface area contributed by atoms with Crippen molar-refractivity contribution in [1.29, 1.82) is 0 Å². The Balaban J connectivity index is 1.61. The second kappa shape index (κ2) is 7.39. The van der Waals surface area contributed by atoms with Crippen molar-refractivity contribution in [3.05, 3.63) is 76.4 Å². The molecule has 1 N–H and O–H groups in total. The Morgan fingerprint density at radius 1 is 1.11 bits per heavy atom. The predicted octanol–water partition coefficient (Wildman–Crippen LogP) is 3.27. The van der Waals surface area contributed by atoms with Crippen molar-refractivity contribution in [2.75, 3.05) is 5.32 Å². The Bertz CT molecular complexity index is 1140. The van der Waals surface area contributed by atoms with E-state index in [9.17, 15) is 10.1 Å². The van der Waals surface area contributed by atoms with Gasteiger partial charge in [-0.3, -0.25) is 10.1 Å². The first-order valence-corrected chi connectivity index (χ1v) is 8.78. The number of aryl methyl sites for hydroxylation is 1. The molecular formula is C19H17N7O2. The van der Waals surface area contributed by atoms with Gasteiger partial charge in [0.05, 0.1) is 23.4 Å². The van der Waals surface area contributed by atoms with Crippen molar-refractivity contribution < 1.29 is 4.92 Å². The van der Waals surface area contributed by atoms with Crippen molar-refractivity contribution in [3.8, 4) is 11.4 Å². The van der Waals surface area contributed by atoms with Gasteiger partial charge in [0.15, 0.2) is 11.5 Å². The average Bonchev–Trinajstić information content (AvgIpc) is 3.21. The van der Waals surface area contributed by atoms with Crippen LogP contribution in [0.2, 0.25) is 0 Å². The monoisotopic (exact) mass is 375 g/mol. The van der Waals surface area contributed by atoms with Gasteiger partial charge in [0.2, 0.25) is 0 Å². The first-order chi connectivity index (χ1) is 13.6. The van der Waals surface area contributed by atoms with Gasteiger partial charge in [-0.25, -0.2) is 19.5 Å². The number of nitrogens with one attached hydrogen (secondary N) is 1. The topological polar surface area (TPSA) is 111 Å². The minimum atomic E-state index is -0.426. The van der Waals surface area contributed by atoms with Crippen LogP contribution in [0.4, 0.5) is 11.5 Å². The van der Waals surface area contributed by atoms with Gasteiger partial charge >= 0.3 is 0 Å². The van der Waals surface area contributed by atoms with Gasteiger partial charge in [0.1, 0.15) is 5.82 Å². The van der Waals surface area contributed by atoms with Crippen molar-refractivity contribution in [2.45, 2.75) is 19.9 Å². The van der Waals surface area contributed by atoms with Crippen LogP contribution in [-0.2, 0) is 13.0 Å². The number of nitro groups is 1. The van der Waals surface area contributed by atoms with Crippen molar-refractivity contribution in [2.24, 2.45) is 0 Å². The minimum Gasteiger partial charge on any atom is -0.364 e. The highest BCUT2D eigenvalue weighted by Gasteiger charge is 2.10. The lowest BCUT2D eigenvalue weighted by Crippen LogP contribution is -2.09. The van der Waals surface area contributed by atoms with Crippen LogP contribution in [0, 0.1) is 10.1 Å². The van der Waals surface area contributed by atoms with E-state index in [2.05, 4.69) is 25.4 Å². The molecule has 4 rings (SSSR count). The molecule has 0 aliphatic carbocycles. The van der Waals surface area contributed by atoms with Gasteiger partial charge in [-0.2, -0.15) is 5.10 Å². The van der Waals surface area contributed by atoms with E-state index < -0.39 is 4.92 Å². The van der Waals surface area contributed by atoms with Crippen molar-refractivity contribution >= 4 is 17.2 Å². The minimum absolute atomic E-state index is 0.0367. The summed E-state index contributed by atoms with van der Waals surface area (Å²) in [4.78, 5) is 23.8. The Kier molecular flexibility index (Phi) is 4.63. The first kappa shape index (κ1) is 17.5. The molecule has 0 fully saturated rings. The van der Waals surface area contributed by atoms with Crippen LogP contribution in [0.3, 0.4) is 0 Å². The zero-order valence-corrected chi connectivity index (χ0v) is 15.1. The number of benzene rings is 1. The van der Waals surface area contributed by atoms with E-state index in [4.69, 9.17) is 0 Å². The van der Waals surface area contributed by atoms with E-state index in [1.54, 1.807) is 29.0 Å². The zero-order chi connectivity index (χ0) is 19.5. The van der Waals surface area contributed by atoms with Gasteiger partial charge in [-0.05, 0) is 24.6 Å². The molecule has 9 nitrogen and oxygen atoms in total. The molecule has 0 bridgehead atoms. The molecule has 0 atom stereocenters. The molecule has 0 saturated carbocycles. The van der Waals surface area contributed by atoms with E-state index >= 15 is 0 Å². The molecule has 0 radical (unpaired) electrons. The van der Waals surface area contributed by atoms with Gasteiger partial charge < -0.3 is 5.32 Å². The fourth-order valence-corrected chi connectivity index (χ4v) is 2.83. The summed E-state index contributed by atoms with van der Waals surface area (Å²) < 4.78 is 1.77. The number of nitro benzene ring substituents is 1. The number of anilines is 1. The van der Waals surface area contributed by atoms with E-state index in [1.165, 1.54) is 12.1 Å².